The van der Waals surface area contributed by atoms with Gasteiger partial charge < -0.3 is 10.1 Å². The molecule has 1 N–H and O–H groups in total. The van der Waals surface area contributed by atoms with Crippen LogP contribution in [0.4, 0.5) is 5.69 Å². The van der Waals surface area contributed by atoms with E-state index in [-0.39, 0.29) is 11.7 Å². The number of aromatic nitrogens is 4. The number of anilines is 1. The molecule has 7 nitrogen and oxygen atoms in total. The van der Waals surface area contributed by atoms with Crippen molar-refractivity contribution in [2.24, 2.45) is 0 Å². The summed E-state index contributed by atoms with van der Waals surface area (Å²) in [4.78, 5) is 17.1. The zero-order chi connectivity index (χ0) is 24.1. The maximum atomic E-state index is 12.8. The normalized spacial score (nSPS) is 11.0. The van der Waals surface area contributed by atoms with Gasteiger partial charge in [0.15, 0.2) is 11.0 Å². The van der Waals surface area contributed by atoms with Gasteiger partial charge >= 0.3 is 0 Å². The van der Waals surface area contributed by atoms with E-state index in [0.717, 1.165) is 16.8 Å². The maximum Gasteiger partial charge on any atom is 0.234 e. The van der Waals surface area contributed by atoms with E-state index < -0.39 is 0 Å². The second-order valence-corrected chi connectivity index (χ2v) is 9.08. The minimum Gasteiger partial charge on any atom is -0.495 e. The molecule has 0 aliphatic rings. The Hall–Kier alpha value is -3.65. The minimum absolute atomic E-state index is 0.150. The van der Waals surface area contributed by atoms with Crippen molar-refractivity contribution < 1.29 is 9.53 Å². The Bertz CT molecular complexity index is 1290. The summed E-state index contributed by atoms with van der Waals surface area (Å²) in [6.07, 6.45) is 3.50. The molecule has 0 saturated carbocycles. The number of methoxy groups -OCH3 is 1. The summed E-state index contributed by atoms with van der Waals surface area (Å²) in [5.41, 5.74) is 4.70. The quantitative estimate of drug-likeness (QED) is 0.340. The van der Waals surface area contributed by atoms with Crippen molar-refractivity contribution in [2.45, 2.75) is 31.8 Å². The Morgan fingerprint density at radius 2 is 1.94 bits per heavy atom. The highest BCUT2D eigenvalue weighted by Gasteiger charge is 2.20. The first-order chi connectivity index (χ1) is 16.5. The van der Waals surface area contributed by atoms with Crippen LogP contribution in [0.3, 0.4) is 0 Å². The van der Waals surface area contributed by atoms with E-state index in [4.69, 9.17) is 4.74 Å². The number of nitrogens with one attached hydrogen (secondary N) is 1. The largest absolute Gasteiger partial charge is 0.495 e. The predicted molar refractivity (Wildman–Crippen MR) is 136 cm³/mol. The lowest BCUT2D eigenvalue weighted by Gasteiger charge is -2.17. The third-order valence-corrected chi connectivity index (χ3v) is 6.24. The molecule has 0 fully saturated rings. The number of rotatable bonds is 8. The van der Waals surface area contributed by atoms with Gasteiger partial charge in [0.05, 0.1) is 24.2 Å². The van der Waals surface area contributed by atoms with Gasteiger partial charge in [-0.25, -0.2) is 0 Å². The number of carbonyl (C=O) groups is 1. The molecule has 0 radical (unpaired) electrons. The van der Waals surface area contributed by atoms with Crippen LogP contribution in [0.1, 0.15) is 30.9 Å². The third-order valence-electron chi connectivity index (χ3n) is 5.31. The summed E-state index contributed by atoms with van der Waals surface area (Å²) >= 11 is 1.34. The van der Waals surface area contributed by atoms with Gasteiger partial charge in [0.1, 0.15) is 5.75 Å². The van der Waals surface area contributed by atoms with E-state index in [0.29, 0.717) is 28.3 Å². The fourth-order valence-electron chi connectivity index (χ4n) is 3.68. The van der Waals surface area contributed by atoms with Crippen LogP contribution in [0.2, 0.25) is 0 Å². The van der Waals surface area contributed by atoms with Crippen LogP contribution in [-0.2, 0) is 4.79 Å². The summed E-state index contributed by atoms with van der Waals surface area (Å²) in [6.45, 7) is 6.28. The van der Waals surface area contributed by atoms with Crippen LogP contribution in [0.15, 0.2) is 72.1 Å². The molecule has 0 unspecified atom stereocenters. The Balaban J connectivity index is 1.65. The van der Waals surface area contributed by atoms with E-state index in [9.17, 15) is 4.79 Å². The van der Waals surface area contributed by atoms with Gasteiger partial charge in [-0.15, -0.1) is 10.2 Å². The van der Waals surface area contributed by atoms with Crippen LogP contribution in [0.25, 0.3) is 17.1 Å². The fraction of sp³-hybridized carbons (Fsp3) is 0.231. The van der Waals surface area contributed by atoms with Crippen LogP contribution in [0.5, 0.6) is 5.75 Å². The molecule has 0 aliphatic heterocycles. The summed E-state index contributed by atoms with van der Waals surface area (Å²) in [5, 5.41) is 12.5. The van der Waals surface area contributed by atoms with Crippen molar-refractivity contribution in [2.75, 3.05) is 18.2 Å². The topological polar surface area (TPSA) is 81.9 Å². The number of thioether (sulfide) groups is 1. The zero-order valence-corrected chi connectivity index (χ0v) is 20.5. The average Bonchev–Trinajstić information content (AvgIpc) is 3.27. The molecular weight excluding hydrogens is 446 g/mol. The molecule has 2 aromatic heterocycles. The van der Waals surface area contributed by atoms with Gasteiger partial charge in [0.25, 0.3) is 0 Å². The fourth-order valence-corrected chi connectivity index (χ4v) is 4.42. The molecule has 0 atom stereocenters. The molecule has 2 aromatic carbocycles. The van der Waals surface area contributed by atoms with E-state index in [1.54, 1.807) is 19.5 Å². The van der Waals surface area contributed by atoms with Crippen molar-refractivity contribution >= 4 is 23.4 Å². The highest BCUT2D eigenvalue weighted by atomic mass is 32.2. The third kappa shape index (κ3) is 5.12. The van der Waals surface area contributed by atoms with Crippen molar-refractivity contribution in [3.63, 3.8) is 0 Å². The monoisotopic (exact) mass is 473 g/mol. The SMILES string of the molecule is COc1ccc(C)cc1NC(=O)CSc1nnc(-c2cccnc2)n1-c1ccccc1C(C)C. The van der Waals surface area contributed by atoms with Crippen LogP contribution in [-0.4, -0.2) is 38.5 Å². The standard InChI is InChI=1S/C26H27N5O2S/c1-17(2)20-9-5-6-10-22(20)31-25(19-8-7-13-27-15-19)29-30-26(31)34-16-24(32)28-21-14-18(3)11-12-23(21)33-4/h5-15,17H,16H2,1-4H3,(H,28,32). The van der Waals surface area contributed by atoms with Gasteiger partial charge in [-0.2, -0.15) is 0 Å². The molecule has 2 heterocycles. The van der Waals surface area contributed by atoms with Crippen molar-refractivity contribution in [3.05, 3.63) is 78.1 Å². The molecule has 8 heteroatoms. The van der Waals surface area contributed by atoms with E-state index in [2.05, 4.69) is 46.5 Å². The Morgan fingerprint density at radius 1 is 1.12 bits per heavy atom. The summed E-state index contributed by atoms with van der Waals surface area (Å²) in [7, 11) is 1.59. The summed E-state index contributed by atoms with van der Waals surface area (Å²) in [6, 6.07) is 17.7. The number of benzene rings is 2. The van der Waals surface area contributed by atoms with Gasteiger partial charge in [0, 0.05) is 18.0 Å². The molecule has 0 saturated heterocycles. The smallest absolute Gasteiger partial charge is 0.234 e. The molecule has 0 bridgehead atoms. The van der Waals surface area contributed by atoms with Crippen molar-refractivity contribution in [1.82, 2.24) is 19.7 Å². The number of hydrogen-bond acceptors (Lipinski definition) is 6. The molecule has 0 aliphatic carbocycles. The Labute approximate surface area is 203 Å². The van der Waals surface area contributed by atoms with Gasteiger partial charge in [-0.05, 0) is 54.3 Å². The number of pyridine rings is 1. The molecule has 174 valence electrons. The molecule has 4 aromatic rings. The van der Waals surface area contributed by atoms with Gasteiger partial charge in [0.2, 0.25) is 5.91 Å². The maximum absolute atomic E-state index is 12.8. The number of carbonyl (C=O) groups excluding carboxylic acids is 1. The number of nitrogens with zero attached hydrogens (tertiary/aromatic N) is 4. The summed E-state index contributed by atoms with van der Waals surface area (Å²) < 4.78 is 7.39. The second kappa shape index (κ2) is 10.5. The highest BCUT2D eigenvalue weighted by Crippen LogP contribution is 2.32. The van der Waals surface area contributed by atoms with E-state index in [1.807, 2.05) is 54.0 Å². The lowest BCUT2D eigenvalue weighted by Crippen LogP contribution is -2.15. The van der Waals surface area contributed by atoms with E-state index >= 15 is 0 Å². The molecule has 4 rings (SSSR count). The van der Waals surface area contributed by atoms with Crippen LogP contribution >= 0.6 is 11.8 Å². The lowest BCUT2D eigenvalue weighted by atomic mass is 10.0. The zero-order valence-electron chi connectivity index (χ0n) is 19.6. The average molecular weight is 474 g/mol. The molecular formula is C26H27N5O2S. The number of para-hydroxylation sites is 1. The Morgan fingerprint density at radius 3 is 2.68 bits per heavy atom. The first-order valence-corrected chi connectivity index (χ1v) is 12.0. The lowest BCUT2D eigenvalue weighted by molar-refractivity contribution is -0.113. The molecule has 1 amide bonds. The first-order valence-electron chi connectivity index (χ1n) is 11.0. The van der Waals surface area contributed by atoms with Gasteiger partial charge in [-0.1, -0.05) is 49.9 Å². The number of aryl methyl sites for hydroxylation is 1. The van der Waals surface area contributed by atoms with Crippen molar-refractivity contribution in [1.29, 1.82) is 0 Å². The second-order valence-electron chi connectivity index (χ2n) is 8.14. The molecule has 34 heavy (non-hydrogen) atoms. The number of hydrogen-bond donors (Lipinski definition) is 1. The van der Waals surface area contributed by atoms with Gasteiger partial charge in [-0.3, -0.25) is 14.3 Å². The number of amides is 1. The number of ether oxygens (including phenoxy) is 1. The predicted octanol–water partition coefficient (Wildman–Crippen LogP) is 5.50. The highest BCUT2D eigenvalue weighted by molar-refractivity contribution is 7.99. The van der Waals surface area contributed by atoms with Crippen molar-refractivity contribution in [3.8, 4) is 22.8 Å². The van der Waals surface area contributed by atoms with E-state index in [1.165, 1.54) is 17.3 Å². The Kier molecular flexibility index (Phi) is 7.27. The van der Waals surface area contributed by atoms with Crippen LogP contribution in [0, 0.1) is 6.92 Å². The first kappa shape index (κ1) is 23.5. The minimum atomic E-state index is -0.150. The summed E-state index contributed by atoms with van der Waals surface area (Å²) in [5.74, 6) is 1.63. The molecule has 0 spiro atoms. The van der Waals surface area contributed by atoms with Crippen LogP contribution < -0.4 is 10.1 Å².